The van der Waals surface area contributed by atoms with Gasteiger partial charge in [-0.05, 0) is 33.7 Å². The minimum Gasteiger partial charge on any atom is -0.395 e. The largest absolute Gasteiger partial charge is 0.395 e. The van der Waals surface area contributed by atoms with E-state index >= 15 is 0 Å². The van der Waals surface area contributed by atoms with Crippen LogP contribution in [0.2, 0.25) is 0 Å². The molecule has 0 aliphatic carbocycles. The zero-order valence-corrected chi connectivity index (χ0v) is 10.4. The molecule has 1 saturated heterocycles. The maximum Gasteiger partial charge on any atom is 0.216 e. The summed E-state index contributed by atoms with van der Waals surface area (Å²) in [5.41, 5.74) is -0.390. The molecule has 1 aliphatic heterocycles. The highest BCUT2D eigenvalue weighted by atomic mass is 16.6. The molecule has 1 rings (SSSR count). The SMILES string of the molecule is CC(C)(C)OC(O)N(CCO)C1CCNC1. The molecule has 0 aromatic carbocycles. The van der Waals surface area contributed by atoms with Crippen LogP contribution in [0.3, 0.4) is 0 Å². The van der Waals surface area contributed by atoms with Gasteiger partial charge in [-0.25, -0.2) is 4.90 Å². The molecule has 5 heteroatoms. The third kappa shape index (κ3) is 4.35. The molecule has 1 fully saturated rings. The van der Waals surface area contributed by atoms with Gasteiger partial charge in [-0.2, -0.15) is 0 Å². The smallest absolute Gasteiger partial charge is 0.216 e. The lowest BCUT2D eigenvalue weighted by molar-refractivity contribution is -0.248. The molecule has 0 spiro atoms. The topological polar surface area (TPSA) is 65.0 Å². The highest BCUT2D eigenvalue weighted by Crippen LogP contribution is 2.16. The summed E-state index contributed by atoms with van der Waals surface area (Å²) in [6, 6.07) is 0.240. The van der Waals surface area contributed by atoms with Crippen LogP contribution in [0.4, 0.5) is 0 Å². The van der Waals surface area contributed by atoms with Gasteiger partial charge in [0.25, 0.3) is 0 Å². The molecule has 0 bridgehead atoms. The molecule has 2 atom stereocenters. The number of nitrogens with one attached hydrogen (secondary N) is 1. The van der Waals surface area contributed by atoms with Gasteiger partial charge in [0.15, 0.2) is 0 Å². The van der Waals surface area contributed by atoms with E-state index in [0.29, 0.717) is 6.54 Å². The number of aliphatic hydroxyl groups excluding tert-OH is 2. The Morgan fingerprint density at radius 2 is 2.19 bits per heavy atom. The van der Waals surface area contributed by atoms with Crippen molar-refractivity contribution in [3.63, 3.8) is 0 Å². The second-order valence-electron chi connectivity index (χ2n) is 5.16. The zero-order chi connectivity index (χ0) is 12.2. The Hall–Kier alpha value is -0.200. The first kappa shape index (κ1) is 13.9. The Kier molecular flexibility index (Phi) is 5.14. The minimum absolute atomic E-state index is 0.0288. The number of hydrogen-bond donors (Lipinski definition) is 3. The summed E-state index contributed by atoms with van der Waals surface area (Å²) in [6.45, 7) is 7.96. The number of nitrogens with zero attached hydrogens (tertiary/aromatic N) is 1. The normalized spacial score (nSPS) is 24.0. The summed E-state index contributed by atoms with van der Waals surface area (Å²) >= 11 is 0. The molecular formula is C11H24N2O3. The summed E-state index contributed by atoms with van der Waals surface area (Å²) < 4.78 is 5.51. The van der Waals surface area contributed by atoms with Crippen molar-refractivity contribution in [3.05, 3.63) is 0 Å². The molecule has 1 heterocycles. The standard InChI is InChI=1S/C11H24N2O3/c1-11(2,3)16-10(15)13(6-7-14)9-4-5-12-8-9/h9-10,12,14-15H,4-8H2,1-3H3. The first-order valence-electron chi connectivity index (χ1n) is 5.87. The minimum atomic E-state index is -0.947. The summed E-state index contributed by atoms with van der Waals surface area (Å²) in [4.78, 5) is 1.81. The molecule has 1 aliphatic rings. The van der Waals surface area contributed by atoms with Crippen molar-refractivity contribution in [1.29, 1.82) is 0 Å². The van der Waals surface area contributed by atoms with E-state index in [1.165, 1.54) is 0 Å². The predicted molar refractivity (Wildman–Crippen MR) is 61.9 cm³/mol. The van der Waals surface area contributed by atoms with E-state index in [4.69, 9.17) is 9.84 Å². The van der Waals surface area contributed by atoms with Crippen molar-refractivity contribution < 1.29 is 14.9 Å². The molecular weight excluding hydrogens is 208 g/mol. The van der Waals surface area contributed by atoms with Crippen LogP contribution < -0.4 is 5.32 Å². The van der Waals surface area contributed by atoms with E-state index in [2.05, 4.69) is 5.32 Å². The Morgan fingerprint density at radius 3 is 2.62 bits per heavy atom. The van der Waals surface area contributed by atoms with E-state index in [0.717, 1.165) is 19.5 Å². The van der Waals surface area contributed by atoms with Gasteiger partial charge in [-0.15, -0.1) is 0 Å². The third-order valence-corrected chi connectivity index (χ3v) is 2.60. The second-order valence-corrected chi connectivity index (χ2v) is 5.16. The van der Waals surface area contributed by atoms with Gasteiger partial charge in [-0.3, -0.25) is 0 Å². The maximum atomic E-state index is 10.0. The van der Waals surface area contributed by atoms with Crippen molar-refractivity contribution in [2.75, 3.05) is 26.2 Å². The predicted octanol–water partition coefficient (Wildman–Crippen LogP) is -0.266. The lowest BCUT2D eigenvalue weighted by Gasteiger charge is -2.35. The van der Waals surface area contributed by atoms with Crippen LogP contribution in [0.5, 0.6) is 0 Å². The van der Waals surface area contributed by atoms with Gasteiger partial charge in [0, 0.05) is 19.1 Å². The molecule has 0 aromatic heterocycles. The quantitative estimate of drug-likeness (QED) is 0.570. The van der Waals surface area contributed by atoms with Crippen molar-refractivity contribution in [2.45, 2.75) is 45.2 Å². The van der Waals surface area contributed by atoms with Gasteiger partial charge in [-0.1, -0.05) is 0 Å². The van der Waals surface area contributed by atoms with Gasteiger partial charge in [0.2, 0.25) is 6.41 Å². The van der Waals surface area contributed by atoms with Crippen molar-refractivity contribution in [1.82, 2.24) is 10.2 Å². The van der Waals surface area contributed by atoms with Crippen LogP contribution in [0.15, 0.2) is 0 Å². The third-order valence-electron chi connectivity index (χ3n) is 2.60. The number of hydrogen-bond acceptors (Lipinski definition) is 5. The average Bonchev–Trinajstić information content (AvgIpc) is 2.63. The Balaban J connectivity index is 2.54. The number of aliphatic hydroxyl groups is 2. The summed E-state index contributed by atoms with van der Waals surface area (Å²) in [6.07, 6.45) is 0.0296. The molecule has 0 saturated carbocycles. The fraction of sp³-hybridized carbons (Fsp3) is 1.00. The van der Waals surface area contributed by atoms with Crippen LogP contribution in [0, 0.1) is 0 Å². The monoisotopic (exact) mass is 232 g/mol. The van der Waals surface area contributed by atoms with Crippen LogP contribution >= 0.6 is 0 Å². The number of rotatable bonds is 5. The zero-order valence-electron chi connectivity index (χ0n) is 10.4. The Morgan fingerprint density at radius 1 is 1.50 bits per heavy atom. The summed E-state index contributed by atoms with van der Waals surface area (Å²) in [5.74, 6) is 0. The number of ether oxygens (including phenoxy) is 1. The molecule has 0 amide bonds. The van der Waals surface area contributed by atoms with E-state index in [1.54, 1.807) is 0 Å². The molecule has 2 unspecified atom stereocenters. The van der Waals surface area contributed by atoms with Crippen LogP contribution in [-0.4, -0.2) is 59.4 Å². The van der Waals surface area contributed by atoms with Crippen LogP contribution in [0.25, 0.3) is 0 Å². The van der Waals surface area contributed by atoms with E-state index < -0.39 is 6.41 Å². The fourth-order valence-electron chi connectivity index (χ4n) is 1.90. The van der Waals surface area contributed by atoms with E-state index in [9.17, 15) is 5.11 Å². The lowest BCUT2D eigenvalue weighted by atomic mass is 10.2. The van der Waals surface area contributed by atoms with Gasteiger partial charge >= 0.3 is 0 Å². The van der Waals surface area contributed by atoms with E-state index in [-0.39, 0.29) is 18.2 Å². The molecule has 16 heavy (non-hydrogen) atoms. The van der Waals surface area contributed by atoms with E-state index in [1.807, 2.05) is 25.7 Å². The lowest BCUT2D eigenvalue weighted by Crippen LogP contribution is -2.49. The second kappa shape index (κ2) is 5.93. The molecule has 5 nitrogen and oxygen atoms in total. The van der Waals surface area contributed by atoms with Crippen LogP contribution in [0.1, 0.15) is 27.2 Å². The van der Waals surface area contributed by atoms with Gasteiger partial charge in [0.1, 0.15) is 0 Å². The average molecular weight is 232 g/mol. The first-order chi connectivity index (χ1) is 7.44. The summed E-state index contributed by atoms with van der Waals surface area (Å²) in [7, 11) is 0. The van der Waals surface area contributed by atoms with Crippen molar-refractivity contribution in [3.8, 4) is 0 Å². The van der Waals surface area contributed by atoms with Crippen molar-refractivity contribution in [2.24, 2.45) is 0 Å². The Labute approximate surface area is 97.4 Å². The fourth-order valence-corrected chi connectivity index (χ4v) is 1.90. The highest BCUT2D eigenvalue weighted by molar-refractivity contribution is 4.80. The summed E-state index contributed by atoms with van der Waals surface area (Å²) in [5, 5.41) is 22.3. The molecule has 3 N–H and O–H groups in total. The van der Waals surface area contributed by atoms with Gasteiger partial charge < -0.3 is 20.3 Å². The molecule has 0 aromatic rings. The first-order valence-corrected chi connectivity index (χ1v) is 5.87. The maximum absolute atomic E-state index is 10.0. The van der Waals surface area contributed by atoms with Crippen molar-refractivity contribution >= 4 is 0 Å². The highest BCUT2D eigenvalue weighted by Gasteiger charge is 2.30. The molecule has 96 valence electrons. The Bertz CT molecular complexity index is 200. The van der Waals surface area contributed by atoms with Gasteiger partial charge in [0.05, 0.1) is 12.2 Å². The van der Waals surface area contributed by atoms with Crippen LogP contribution in [-0.2, 0) is 4.74 Å². The molecule has 0 radical (unpaired) electrons.